The smallest absolute Gasteiger partial charge is 0.237 e. The first kappa shape index (κ1) is 14.9. The fourth-order valence-corrected chi connectivity index (χ4v) is 2.05. The molecule has 2 atom stereocenters. The molecule has 0 aromatic rings. The Hall–Kier alpha value is -1.14. The number of primary amides is 1. The maximum atomic E-state index is 12.0. The molecule has 4 N–H and O–H groups in total. The minimum atomic E-state index is -0.404. The lowest BCUT2D eigenvalue weighted by Crippen LogP contribution is -2.62. The van der Waals surface area contributed by atoms with Gasteiger partial charge in [-0.25, -0.2) is 0 Å². The zero-order valence-electron chi connectivity index (χ0n) is 11.4. The number of amides is 2. The highest BCUT2D eigenvalue weighted by Crippen LogP contribution is 2.08. The van der Waals surface area contributed by atoms with Gasteiger partial charge in [-0.15, -0.1) is 0 Å². The molecule has 0 saturated carbocycles. The van der Waals surface area contributed by atoms with Crippen LogP contribution >= 0.6 is 0 Å². The van der Waals surface area contributed by atoms with Crippen LogP contribution < -0.4 is 16.4 Å². The van der Waals surface area contributed by atoms with Crippen LogP contribution in [0.2, 0.25) is 0 Å². The van der Waals surface area contributed by atoms with Crippen molar-refractivity contribution in [2.24, 2.45) is 11.7 Å². The molecule has 1 fully saturated rings. The summed E-state index contributed by atoms with van der Waals surface area (Å²) in [4.78, 5) is 25.2. The Balaban J connectivity index is 2.59. The first-order valence-corrected chi connectivity index (χ1v) is 6.47. The highest BCUT2D eigenvalue weighted by atomic mass is 16.2. The van der Waals surface area contributed by atoms with E-state index in [1.807, 2.05) is 25.7 Å². The summed E-state index contributed by atoms with van der Waals surface area (Å²) in [5.74, 6) is -0.0151. The molecule has 1 rings (SSSR count). The predicted octanol–water partition coefficient (Wildman–Crippen LogP) is -1.09. The van der Waals surface area contributed by atoms with E-state index in [-0.39, 0.29) is 17.9 Å². The summed E-state index contributed by atoms with van der Waals surface area (Å²) in [7, 11) is 0. The molecule has 6 nitrogen and oxygen atoms in total. The van der Waals surface area contributed by atoms with Crippen LogP contribution in [-0.2, 0) is 9.59 Å². The Morgan fingerprint density at radius 3 is 2.67 bits per heavy atom. The minimum absolute atomic E-state index is 0.0446. The number of nitrogens with two attached hydrogens (primary N) is 1. The van der Waals surface area contributed by atoms with Gasteiger partial charge in [0.1, 0.15) is 6.04 Å². The van der Waals surface area contributed by atoms with Crippen LogP contribution in [-0.4, -0.2) is 55.0 Å². The highest BCUT2D eigenvalue weighted by molar-refractivity contribution is 5.84. The first-order chi connectivity index (χ1) is 8.43. The van der Waals surface area contributed by atoms with E-state index in [9.17, 15) is 9.59 Å². The number of nitrogens with one attached hydrogen (secondary N) is 2. The largest absolute Gasteiger partial charge is 0.368 e. The second kappa shape index (κ2) is 6.70. The molecule has 0 aliphatic carbocycles. The van der Waals surface area contributed by atoms with Crippen molar-refractivity contribution in [2.45, 2.75) is 32.9 Å². The summed E-state index contributed by atoms with van der Waals surface area (Å²) >= 11 is 0. The van der Waals surface area contributed by atoms with Crippen LogP contribution in [0.25, 0.3) is 0 Å². The molecular weight excluding hydrogens is 232 g/mol. The summed E-state index contributed by atoms with van der Waals surface area (Å²) in [6.07, 6.45) is 0. The van der Waals surface area contributed by atoms with Crippen LogP contribution in [0.5, 0.6) is 0 Å². The summed E-state index contributed by atoms with van der Waals surface area (Å²) in [6.45, 7) is 8.49. The van der Waals surface area contributed by atoms with E-state index < -0.39 is 6.04 Å². The molecule has 1 aliphatic rings. The van der Waals surface area contributed by atoms with Gasteiger partial charge >= 0.3 is 0 Å². The molecule has 0 bridgehead atoms. The monoisotopic (exact) mass is 256 g/mol. The van der Waals surface area contributed by atoms with Crippen molar-refractivity contribution in [3.8, 4) is 0 Å². The molecule has 104 valence electrons. The van der Waals surface area contributed by atoms with Crippen molar-refractivity contribution < 1.29 is 9.59 Å². The summed E-state index contributed by atoms with van der Waals surface area (Å²) in [5, 5.41) is 6.00. The maximum Gasteiger partial charge on any atom is 0.237 e. The molecule has 0 aromatic carbocycles. The SMILES string of the molecule is CC(C)CNC(=O)C(C)N1CCNCC1C(N)=O. The van der Waals surface area contributed by atoms with Crippen LogP contribution in [0.3, 0.4) is 0 Å². The van der Waals surface area contributed by atoms with Gasteiger partial charge in [0.2, 0.25) is 11.8 Å². The van der Waals surface area contributed by atoms with Crippen molar-refractivity contribution in [1.29, 1.82) is 0 Å². The molecule has 1 heterocycles. The van der Waals surface area contributed by atoms with Crippen molar-refractivity contribution in [3.05, 3.63) is 0 Å². The molecule has 1 aliphatic heterocycles. The van der Waals surface area contributed by atoms with Crippen LogP contribution in [0.1, 0.15) is 20.8 Å². The summed E-state index contributed by atoms with van der Waals surface area (Å²) in [6, 6.07) is -0.734. The van der Waals surface area contributed by atoms with Crippen molar-refractivity contribution >= 4 is 11.8 Å². The second-order valence-corrected chi connectivity index (χ2v) is 5.18. The van der Waals surface area contributed by atoms with Gasteiger partial charge in [-0.1, -0.05) is 13.8 Å². The molecule has 0 radical (unpaired) electrons. The lowest BCUT2D eigenvalue weighted by Gasteiger charge is -2.37. The standard InChI is InChI=1S/C12H24N4O2/c1-8(2)6-15-12(18)9(3)16-5-4-14-7-10(16)11(13)17/h8-10,14H,4-7H2,1-3H3,(H2,13,17)(H,15,18). The van der Waals surface area contributed by atoms with Gasteiger partial charge in [0, 0.05) is 26.2 Å². The Morgan fingerprint density at radius 1 is 1.44 bits per heavy atom. The first-order valence-electron chi connectivity index (χ1n) is 6.47. The minimum Gasteiger partial charge on any atom is -0.368 e. The Labute approximate surface area is 108 Å². The Bertz CT molecular complexity index is 306. The molecule has 1 saturated heterocycles. The van der Waals surface area contributed by atoms with E-state index in [0.29, 0.717) is 25.6 Å². The third-order valence-corrected chi connectivity index (χ3v) is 3.17. The predicted molar refractivity (Wildman–Crippen MR) is 69.9 cm³/mol. The fraction of sp³-hybridized carbons (Fsp3) is 0.833. The average Bonchev–Trinajstić information content (AvgIpc) is 2.34. The van der Waals surface area contributed by atoms with Gasteiger partial charge in [-0.2, -0.15) is 0 Å². The molecule has 2 unspecified atom stereocenters. The van der Waals surface area contributed by atoms with Crippen LogP contribution in [0.4, 0.5) is 0 Å². The normalized spacial score (nSPS) is 22.8. The molecule has 0 aromatic heterocycles. The summed E-state index contributed by atoms with van der Waals surface area (Å²) < 4.78 is 0. The van der Waals surface area contributed by atoms with Gasteiger partial charge in [0.15, 0.2) is 0 Å². The van der Waals surface area contributed by atoms with E-state index in [2.05, 4.69) is 10.6 Å². The van der Waals surface area contributed by atoms with E-state index >= 15 is 0 Å². The van der Waals surface area contributed by atoms with Crippen molar-refractivity contribution in [1.82, 2.24) is 15.5 Å². The van der Waals surface area contributed by atoms with Crippen LogP contribution in [0, 0.1) is 5.92 Å². The zero-order chi connectivity index (χ0) is 13.7. The molecular formula is C12H24N4O2. The van der Waals surface area contributed by atoms with Gasteiger partial charge in [0.25, 0.3) is 0 Å². The lowest BCUT2D eigenvalue weighted by atomic mass is 10.1. The number of carbonyl (C=O) groups excluding carboxylic acids is 2. The number of nitrogens with zero attached hydrogens (tertiary/aromatic N) is 1. The topological polar surface area (TPSA) is 87.5 Å². The number of carbonyl (C=O) groups is 2. The molecule has 2 amide bonds. The van der Waals surface area contributed by atoms with Gasteiger partial charge < -0.3 is 16.4 Å². The van der Waals surface area contributed by atoms with E-state index in [1.165, 1.54) is 0 Å². The average molecular weight is 256 g/mol. The van der Waals surface area contributed by atoms with Gasteiger partial charge in [-0.05, 0) is 12.8 Å². The van der Waals surface area contributed by atoms with Crippen molar-refractivity contribution in [2.75, 3.05) is 26.2 Å². The van der Waals surface area contributed by atoms with E-state index in [1.54, 1.807) is 0 Å². The highest BCUT2D eigenvalue weighted by Gasteiger charge is 2.33. The Morgan fingerprint density at radius 2 is 2.11 bits per heavy atom. The molecule has 18 heavy (non-hydrogen) atoms. The Kier molecular flexibility index (Phi) is 5.55. The van der Waals surface area contributed by atoms with Crippen LogP contribution in [0.15, 0.2) is 0 Å². The lowest BCUT2D eigenvalue weighted by molar-refractivity contribution is -0.131. The van der Waals surface area contributed by atoms with Gasteiger partial charge in [-0.3, -0.25) is 14.5 Å². The third-order valence-electron chi connectivity index (χ3n) is 3.17. The van der Waals surface area contributed by atoms with E-state index in [0.717, 1.165) is 6.54 Å². The number of hydrogen-bond acceptors (Lipinski definition) is 4. The third kappa shape index (κ3) is 3.96. The fourth-order valence-electron chi connectivity index (χ4n) is 2.05. The number of rotatable bonds is 5. The second-order valence-electron chi connectivity index (χ2n) is 5.18. The number of piperazine rings is 1. The van der Waals surface area contributed by atoms with E-state index in [4.69, 9.17) is 5.73 Å². The number of hydrogen-bond donors (Lipinski definition) is 3. The maximum absolute atomic E-state index is 12.0. The summed E-state index contributed by atoms with van der Waals surface area (Å²) in [5.41, 5.74) is 5.37. The van der Waals surface area contributed by atoms with Gasteiger partial charge in [0.05, 0.1) is 6.04 Å². The van der Waals surface area contributed by atoms with Crippen molar-refractivity contribution in [3.63, 3.8) is 0 Å². The zero-order valence-corrected chi connectivity index (χ0v) is 11.4. The molecule has 0 spiro atoms. The molecule has 6 heteroatoms. The quantitative estimate of drug-likeness (QED) is 0.583.